The fraction of sp³-hybridized carbons (Fsp3) is 0.312. The lowest BCUT2D eigenvalue weighted by atomic mass is 10.2. The average molecular weight is 269 g/mol. The second-order valence-electron chi connectivity index (χ2n) is 5.07. The van der Waals surface area contributed by atoms with Crippen molar-refractivity contribution in [3.63, 3.8) is 0 Å². The van der Waals surface area contributed by atoms with Crippen LogP contribution in [0.4, 0.5) is 0 Å². The van der Waals surface area contributed by atoms with Crippen LogP contribution in [0.3, 0.4) is 0 Å². The van der Waals surface area contributed by atoms with Crippen LogP contribution in [0.1, 0.15) is 24.6 Å². The maximum Gasteiger partial charge on any atom is 0.0948 e. The molecule has 2 aromatic heterocycles. The maximum atomic E-state index is 9.27. The molecule has 0 radical (unpaired) electrons. The van der Waals surface area contributed by atoms with Gasteiger partial charge in [-0.15, -0.1) is 0 Å². The van der Waals surface area contributed by atoms with Crippen molar-refractivity contribution in [1.82, 2.24) is 14.1 Å². The molecule has 4 nitrogen and oxygen atoms in total. The molecule has 0 atom stereocenters. The lowest BCUT2D eigenvalue weighted by Crippen LogP contribution is -2.06. The van der Waals surface area contributed by atoms with E-state index >= 15 is 0 Å². The number of aliphatic hydroxyl groups is 1. The molecule has 0 saturated carbocycles. The first-order valence-electron chi connectivity index (χ1n) is 6.99. The first-order chi connectivity index (χ1) is 9.81. The highest BCUT2D eigenvalue weighted by atomic mass is 16.3. The lowest BCUT2D eigenvalue weighted by molar-refractivity contribution is 0.282. The number of benzene rings is 1. The highest BCUT2D eigenvalue weighted by Crippen LogP contribution is 2.19. The maximum absolute atomic E-state index is 9.27. The Balaban J connectivity index is 1.95. The Bertz CT molecular complexity index is 711. The number of nitrogens with zero attached hydrogens (tertiary/aromatic N) is 3. The second kappa shape index (κ2) is 5.51. The van der Waals surface area contributed by atoms with Crippen molar-refractivity contribution in [2.45, 2.75) is 33.0 Å². The Morgan fingerprint density at radius 1 is 1.20 bits per heavy atom. The van der Waals surface area contributed by atoms with Crippen molar-refractivity contribution >= 4 is 10.9 Å². The summed E-state index contributed by atoms with van der Waals surface area (Å²) in [6, 6.07) is 8.18. The summed E-state index contributed by atoms with van der Waals surface area (Å²) in [5.74, 6) is 0. The minimum absolute atomic E-state index is 0.0783. The van der Waals surface area contributed by atoms with E-state index in [-0.39, 0.29) is 6.61 Å². The third-order valence-electron chi connectivity index (χ3n) is 3.62. The molecule has 1 aromatic carbocycles. The quantitative estimate of drug-likeness (QED) is 0.774. The normalized spacial score (nSPS) is 11.3. The highest BCUT2D eigenvalue weighted by molar-refractivity contribution is 5.80. The molecule has 3 rings (SSSR count). The van der Waals surface area contributed by atoms with Crippen molar-refractivity contribution < 1.29 is 5.11 Å². The summed E-state index contributed by atoms with van der Waals surface area (Å²) in [5.41, 5.74) is 3.30. The van der Waals surface area contributed by atoms with Crippen LogP contribution in [0.5, 0.6) is 0 Å². The van der Waals surface area contributed by atoms with Gasteiger partial charge in [0.25, 0.3) is 0 Å². The molecule has 0 bridgehead atoms. The van der Waals surface area contributed by atoms with Crippen LogP contribution >= 0.6 is 0 Å². The fourth-order valence-electron chi connectivity index (χ4n) is 2.56. The van der Waals surface area contributed by atoms with E-state index in [2.05, 4.69) is 45.4 Å². The largest absolute Gasteiger partial charge is 0.392 e. The van der Waals surface area contributed by atoms with Gasteiger partial charge in [-0.3, -0.25) is 0 Å². The topological polar surface area (TPSA) is 43.0 Å². The first-order valence-corrected chi connectivity index (χ1v) is 6.99. The number of imidazole rings is 1. The Morgan fingerprint density at radius 2 is 2.10 bits per heavy atom. The van der Waals surface area contributed by atoms with Gasteiger partial charge in [-0.1, -0.05) is 19.1 Å². The molecule has 3 aromatic rings. The summed E-state index contributed by atoms with van der Waals surface area (Å²) >= 11 is 0. The van der Waals surface area contributed by atoms with Gasteiger partial charge in [0.1, 0.15) is 0 Å². The third-order valence-corrected chi connectivity index (χ3v) is 3.62. The minimum Gasteiger partial charge on any atom is -0.392 e. The van der Waals surface area contributed by atoms with Crippen LogP contribution in [-0.4, -0.2) is 19.2 Å². The van der Waals surface area contributed by atoms with Crippen molar-refractivity contribution in [1.29, 1.82) is 0 Å². The number of rotatable bonds is 5. The van der Waals surface area contributed by atoms with Gasteiger partial charge >= 0.3 is 0 Å². The molecule has 104 valence electrons. The molecule has 0 spiro atoms. The van der Waals surface area contributed by atoms with E-state index in [9.17, 15) is 5.11 Å². The Hall–Kier alpha value is -2.07. The summed E-state index contributed by atoms with van der Waals surface area (Å²) in [6.45, 7) is 4.05. The molecule has 0 aliphatic carbocycles. The van der Waals surface area contributed by atoms with Crippen molar-refractivity contribution in [3.05, 3.63) is 54.2 Å². The summed E-state index contributed by atoms with van der Waals surface area (Å²) in [7, 11) is 0. The van der Waals surface area contributed by atoms with E-state index in [0.717, 1.165) is 30.6 Å². The Labute approximate surface area is 118 Å². The van der Waals surface area contributed by atoms with E-state index < -0.39 is 0 Å². The zero-order chi connectivity index (χ0) is 13.9. The van der Waals surface area contributed by atoms with Gasteiger partial charge in [-0.2, -0.15) is 0 Å². The molecule has 0 amide bonds. The highest BCUT2D eigenvalue weighted by Gasteiger charge is 2.06. The second-order valence-corrected chi connectivity index (χ2v) is 5.07. The smallest absolute Gasteiger partial charge is 0.0948 e. The molecule has 0 aliphatic rings. The van der Waals surface area contributed by atoms with E-state index in [0.29, 0.717) is 0 Å². The van der Waals surface area contributed by atoms with Gasteiger partial charge in [0.15, 0.2) is 0 Å². The monoisotopic (exact) mass is 269 g/mol. The summed E-state index contributed by atoms with van der Waals surface area (Å²) < 4.78 is 4.40. The molecule has 4 heteroatoms. The average Bonchev–Trinajstić information content (AvgIpc) is 3.07. The predicted octanol–water partition coefficient (Wildman–Crippen LogP) is 2.79. The van der Waals surface area contributed by atoms with Gasteiger partial charge in [-0.05, 0) is 29.5 Å². The SMILES string of the molecule is CCCn1cncc1Cn1ccc2ccc(CO)cc21. The third kappa shape index (κ3) is 2.34. The number of fused-ring (bicyclic) bond motifs is 1. The molecular formula is C16H19N3O. The van der Waals surface area contributed by atoms with Crippen LogP contribution < -0.4 is 0 Å². The summed E-state index contributed by atoms with van der Waals surface area (Å²) in [5, 5.41) is 10.5. The van der Waals surface area contributed by atoms with E-state index in [1.807, 2.05) is 18.6 Å². The van der Waals surface area contributed by atoms with Crippen molar-refractivity contribution in [2.24, 2.45) is 0 Å². The number of hydrogen-bond donors (Lipinski definition) is 1. The van der Waals surface area contributed by atoms with Gasteiger partial charge < -0.3 is 14.2 Å². The molecule has 0 fully saturated rings. The standard InChI is InChI=1S/C16H19N3O/c1-2-6-19-12-17-9-15(19)10-18-7-5-14-4-3-13(11-20)8-16(14)18/h3-5,7-9,12,20H,2,6,10-11H2,1H3. The van der Waals surface area contributed by atoms with E-state index in [1.165, 1.54) is 11.1 Å². The Kier molecular flexibility index (Phi) is 3.56. The Morgan fingerprint density at radius 3 is 2.90 bits per heavy atom. The van der Waals surface area contributed by atoms with Crippen LogP contribution in [0.15, 0.2) is 43.0 Å². The van der Waals surface area contributed by atoms with Gasteiger partial charge in [0.05, 0.1) is 25.2 Å². The van der Waals surface area contributed by atoms with Crippen molar-refractivity contribution in [2.75, 3.05) is 0 Å². The van der Waals surface area contributed by atoms with Gasteiger partial charge in [0.2, 0.25) is 0 Å². The van der Waals surface area contributed by atoms with Crippen LogP contribution in [0, 0.1) is 0 Å². The predicted molar refractivity (Wildman–Crippen MR) is 79.5 cm³/mol. The lowest BCUT2D eigenvalue weighted by Gasteiger charge is -2.09. The zero-order valence-corrected chi connectivity index (χ0v) is 11.7. The number of aliphatic hydroxyl groups excluding tert-OH is 1. The van der Waals surface area contributed by atoms with Gasteiger partial charge in [0, 0.05) is 24.5 Å². The molecule has 0 aliphatic heterocycles. The first kappa shape index (κ1) is 12.9. The number of hydrogen-bond acceptors (Lipinski definition) is 2. The molecular weight excluding hydrogens is 250 g/mol. The van der Waals surface area contributed by atoms with Gasteiger partial charge in [-0.25, -0.2) is 4.98 Å². The van der Waals surface area contributed by atoms with Crippen LogP contribution in [0.25, 0.3) is 10.9 Å². The molecule has 2 heterocycles. The number of aryl methyl sites for hydroxylation is 1. The van der Waals surface area contributed by atoms with Crippen LogP contribution in [-0.2, 0) is 19.7 Å². The fourth-order valence-corrected chi connectivity index (χ4v) is 2.56. The van der Waals surface area contributed by atoms with Crippen molar-refractivity contribution in [3.8, 4) is 0 Å². The summed E-state index contributed by atoms with van der Waals surface area (Å²) in [6.07, 6.45) is 7.01. The molecule has 0 saturated heterocycles. The molecule has 1 N–H and O–H groups in total. The zero-order valence-electron chi connectivity index (χ0n) is 11.7. The molecule has 20 heavy (non-hydrogen) atoms. The van der Waals surface area contributed by atoms with Crippen LogP contribution in [0.2, 0.25) is 0 Å². The number of aromatic nitrogens is 3. The van der Waals surface area contributed by atoms with E-state index in [4.69, 9.17) is 0 Å². The minimum atomic E-state index is 0.0783. The molecule has 0 unspecified atom stereocenters. The van der Waals surface area contributed by atoms with E-state index in [1.54, 1.807) is 0 Å². The summed E-state index contributed by atoms with van der Waals surface area (Å²) in [4.78, 5) is 4.24.